The van der Waals surface area contributed by atoms with Crippen molar-refractivity contribution in [1.29, 1.82) is 0 Å². The van der Waals surface area contributed by atoms with Gasteiger partial charge in [0, 0.05) is 29.9 Å². The zero-order valence-electron chi connectivity index (χ0n) is 11.9. The van der Waals surface area contributed by atoms with Gasteiger partial charge in [-0.1, -0.05) is 31.2 Å². The predicted molar refractivity (Wildman–Crippen MR) is 82.7 cm³/mol. The molecule has 0 aliphatic carbocycles. The number of hydrogen-bond donors (Lipinski definition) is 1. The minimum atomic E-state index is -0.363. The number of benzene rings is 2. The molecule has 0 unspecified atom stereocenters. The van der Waals surface area contributed by atoms with Gasteiger partial charge in [-0.05, 0) is 18.6 Å². The average Bonchev–Trinajstić information content (AvgIpc) is 2.51. The first-order chi connectivity index (χ1) is 10.2. The monoisotopic (exact) mass is 286 g/mol. The molecule has 110 valence electrons. The number of nitro groups is 1. The van der Waals surface area contributed by atoms with Crippen molar-refractivity contribution in [2.45, 2.75) is 19.9 Å². The lowest BCUT2D eigenvalue weighted by molar-refractivity contribution is -0.385. The second-order valence-electron chi connectivity index (χ2n) is 4.62. The highest BCUT2D eigenvalue weighted by Gasteiger charge is 2.11. The van der Waals surface area contributed by atoms with E-state index in [0.29, 0.717) is 18.7 Å². The van der Waals surface area contributed by atoms with Crippen LogP contribution in [-0.4, -0.2) is 11.5 Å². The first kappa shape index (κ1) is 14.8. The van der Waals surface area contributed by atoms with Gasteiger partial charge in [0.15, 0.2) is 0 Å². The fourth-order valence-corrected chi connectivity index (χ4v) is 1.95. The first-order valence-electron chi connectivity index (χ1n) is 6.89. The van der Waals surface area contributed by atoms with Crippen molar-refractivity contribution < 1.29 is 9.66 Å². The van der Waals surface area contributed by atoms with E-state index in [2.05, 4.69) is 12.2 Å². The molecule has 2 rings (SSSR count). The van der Waals surface area contributed by atoms with Crippen LogP contribution < -0.4 is 10.1 Å². The van der Waals surface area contributed by atoms with Gasteiger partial charge in [0.05, 0.1) is 11.5 Å². The van der Waals surface area contributed by atoms with Crippen LogP contribution in [0.4, 0.5) is 11.4 Å². The summed E-state index contributed by atoms with van der Waals surface area (Å²) in [5, 5.41) is 14.2. The Labute approximate surface area is 123 Å². The molecule has 0 aliphatic rings. The number of nitrogens with one attached hydrogen (secondary N) is 1. The Morgan fingerprint density at radius 1 is 1.19 bits per heavy atom. The summed E-state index contributed by atoms with van der Waals surface area (Å²) in [6, 6.07) is 14.3. The van der Waals surface area contributed by atoms with E-state index in [9.17, 15) is 10.1 Å². The fourth-order valence-electron chi connectivity index (χ4n) is 1.95. The van der Waals surface area contributed by atoms with E-state index in [1.165, 1.54) is 6.07 Å². The molecule has 0 saturated heterocycles. The number of nitro benzene ring substituents is 1. The SMILES string of the molecule is CCCOc1cccc(NCc2ccccc2[N+](=O)[O-])c1. The van der Waals surface area contributed by atoms with Gasteiger partial charge in [-0.2, -0.15) is 0 Å². The quantitative estimate of drug-likeness (QED) is 0.617. The van der Waals surface area contributed by atoms with Gasteiger partial charge in [0.1, 0.15) is 5.75 Å². The largest absolute Gasteiger partial charge is 0.494 e. The minimum Gasteiger partial charge on any atom is -0.494 e. The Morgan fingerprint density at radius 3 is 2.76 bits per heavy atom. The smallest absolute Gasteiger partial charge is 0.274 e. The summed E-state index contributed by atoms with van der Waals surface area (Å²) in [4.78, 5) is 10.6. The molecule has 0 bridgehead atoms. The van der Waals surface area contributed by atoms with Crippen LogP contribution in [0, 0.1) is 10.1 Å². The number of nitrogens with zero attached hydrogens (tertiary/aromatic N) is 1. The maximum absolute atomic E-state index is 11.0. The predicted octanol–water partition coefficient (Wildman–Crippen LogP) is 4.00. The van der Waals surface area contributed by atoms with E-state index in [0.717, 1.165) is 17.9 Å². The third-order valence-electron chi connectivity index (χ3n) is 2.98. The summed E-state index contributed by atoms with van der Waals surface area (Å²) < 4.78 is 5.56. The Balaban J connectivity index is 2.05. The van der Waals surface area contributed by atoms with Crippen molar-refractivity contribution in [3.05, 3.63) is 64.2 Å². The van der Waals surface area contributed by atoms with Crippen molar-refractivity contribution in [2.24, 2.45) is 0 Å². The summed E-state index contributed by atoms with van der Waals surface area (Å²) in [5.41, 5.74) is 1.66. The van der Waals surface area contributed by atoms with E-state index in [-0.39, 0.29) is 10.6 Å². The van der Waals surface area contributed by atoms with E-state index in [4.69, 9.17) is 4.74 Å². The number of rotatable bonds is 7. The van der Waals surface area contributed by atoms with Crippen molar-refractivity contribution in [1.82, 2.24) is 0 Å². The topological polar surface area (TPSA) is 64.4 Å². The summed E-state index contributed by atoms with van der Waals surface area (Å²) in [6.45, 7) is 3.12. The third kappa shape index (κ3) is 4.21. The minimum absolute atomic E-state index is 0.128. The van der Waals surface area contributed by atoms with Crippen LogP contribution in [0.15, 0.2) is 48.5 Å². The van der Waals surface area contributed by atoms with Gasteiger partial charge in [-0.25, -0.2) is 0 Å². The number of para-hydroxylation sites is 1. The second-order valence-corrected chi connectivity index (χ2v) is 4.62. The van der Waals surface area contributed by atoms with Crippen molar-refractivity contribution in [3.63, 3.8) is 0 Å². The van der Waals surface area contributed by atoms with Crippen LogP contribution in [0.25, 0.3) is 0 Å². The molecule has 0 aromatic heterocycles. The van der Waals surface area contributed by atoms with Crippen LogP contribution in [0.3, 0.4) is 0 Å². The standard InChI is InChI=1S/C16H18N2O3/c1-2-10-21-15-8-5-7-14(11-15)17-12-13-6-3-4-9-16(13)18(19)20/h3-9,11,17H,2,10,12H2,1H3. The lowest BCUT2D eigenvalue weighted by Crippen LogP contribution is -2.03. The van der Waals surface area contributed by atoms with Gasteiger partial charge in [0.25, 0.3) is 5.69 Å². The zero-order valence-corrected chi connectivity index (χ0v) is 11.9. The van der Waals surface area contributed by atoms with E-state index in [1.807, 2.05) is 24.3 Å². The fraction of sp³-hybridized carbons (Fsp3) is 0.250. The van der Waals surface area contributed by atoms with E-state index < -0.39 is 0 Å². The van der Waals surface area contributed by atoms with Crippen LogP contribution in [-0.2, 0) is 6.54 Å². The summed E-state index contributed by atoms with van der Waals surface area (Å²) >= 11 is 0. The molecular formula is C16H18N2O3. The Bertz CT molecular complexity index is 614. The molecule has 5 nitrogen and oxygen atoms in total. The van der Waals surface area contributed by atoms with Crippen molar-refractivity contribution in [2.75, 3.05) is 11.9 Å². The highest BCUT2D eigenvalue weighted by Crippen LogP contribution is 2.21. The summed E-state index contributed by atoms with van der Waals surface area (Å²) in [6.07, 6.45) is 0.952. The number of hydrogen-bond acceptors (Lipinski definition) is 4. The summed E-state index contributed by atoms with van der Waals surface area (Å²) in [7, 11) is 0. The molecule has 0 atom stereocenters. The lowest BCUT2D eigenvalue weighted by atomic mass is 10.2. The van der Waals surface area contributed by atoms with Crippen LogP contribution >= 0.6 is 0 Å². The molecule has 1 N–H and O–H groups in total. The van der Waals surface area contributed by atoms with Gasteiger partial charge in [-0.15, -0.1) is 0 Å². The van der Waals surface area contributed by atoms with Crippen LogP contribution in [0.1, 0.15) is 18.9 Å². The second kappa shape index (κ2) is 7.28. The van der Waals surface area contributed by atoms with Crippen LogP contribution in [0.2, 0.25) is 0 Å². The van der Waals surface area contributed by atoms with E-state index in [1.54, 1.807) is 18.2 Å². The molecular weight excluding hydrogens is 268 g/mol. The molecule has 0 amide bonds. The normalized spacial score (nSPS) is 10.1. The van der Waals surface area contributed by atoms with Crippen LogP contribution in [0.5, 0.6) is 5.75 Å². The molecule has 21 heavy (non-hydrogen) atoms. The first-order valence-corrected chi connectivity index (χ1v) is 6.89. The van der Waals surface area contributed by atoms with Gasteiger partial charge < -0.3 is 10.1 Å². The molecule has 0 spiro atoms. The highest BCUT2D eigenvalue weighted by molar-refractivity contribution is 5.50. The van der Waals surface area contributed by atoms with Crippen molar-refractivity contribution >= 4 is 11.4 Å². The number of anilines is 1. The molecule has 0 heterocycles. The molecule has 2 aromatic carbocycles. The molecule has 2 aromatic rings. The maximum Gasteiger partial charge on any atom is 0.274 e. The summed E-state index contributed by atoms with van der Waals surface area (Å²) in [5.74, 6) is 0.796. The Kier molecular flexibility index (Phi) is 5.15. The Morgan fingerprint density at radius 2 is 2.00 bits per heavy atom. The molecule has 0 aliphatic heterocycles. The van der Waals surface area contributed by atoms with Gasteiger partial charge >= 0.3 is 0 Å². The molecule has 0 radical (unpaired) electrons. The van der Waals surface area contributed by atoms with Gasteiger partial charge in [0.2, 0.25) is 0 Å². The third-order valence-corrected chi connectivity index (χ3v) is 2.98. The lowest BCUT2D eigenvalue weighted by Gasteiger charge is -2.09. The molecule has 5 heteroatoms. The number of ether oxygens (including phenoxy) is 1. The Hall–Kier alpha value is -2.56. The van der Waals surface area contributed by atoms with Crippen molar-refractivity contribution in [3.8, 4) is 5.75 Å². The van der Waals surface area contributed by atoms with Gasteiger partial charge in [-0.3, -0.25) is 10.1 Å². The highest BCUT2D eigenvalue weighted by atomic mass is 16.6. The average molecular weight is 286 g/mol. The molecule has 0 fully saturated rings. The maximum atomic E-state index is 11.0. The zero-order chi connectivity index (χ0) is 15.1. The molecule has 0 saturated carbocycles. The van der Waals surface area contributed by atoms with E-state index >= 15 is 0 Å².